The summed E-state index contributed by atoms with van der Waals surface area (Å²) in [5.74, 6) is 0.165. The Morgan fingerprint density at radius 1 is 0.760 bits per heavy atom. The van der Waals surface area contributed by atoms with Gasteiger partial charge in [-0.15, -0.1) is 0 Å². The normalized spacial score (nSPS) is 11.1. The number of pyridine rings is 1. The third-order valence-electron chi connectivity index (χ3n) is 4.55. The van der Waals surface area contributed by atoms with Gasteiger partial charge in [0.1, 0.15) is 11.5 Å². The van der Waals surface area contributed by atoms with Gasteiger partial charge in [0.15, 0.2) is 0 Å². The standard InChI is InChI=1S/C22H23NO2/c1-13-9-15(3)21(24)17(11-13)20(19-7-5-6-8-23-19)18-12-14(2)10-16(4)22(18)25/h5-12,20,24-25H,1-4H3. The van der Waals surface area contributed by atoms with Gasteiger partial charge < -0.3 is 10.2 Å². The summed E-state index contributed by atoms with van der Waals surface area (Å²) in [6, 6.07) is 13.6. The Bertz CT molecular complexity index is 860. The van der Waals surface area contributed by atoms with Crippen LogP contribution in [0.5, 0.6) is 11.5 Å². The lowest BCUT2D eigenvalue weighted by Crippen LogP contribution is -2.08. The highest BCUT2D eigenvalue weighted by atomic mass is 16.3. The molecule has 3 rings (SSSR count). The highest BCUT2D eigenvalue weighted by Gasteiger charge is 2.25. The first kappa shape index (κ1) is 17.0. The fraction of sp³-hybridized carbons (Fsp3) is 0.227. The summed E-state index contributed by atoms with van der Waals surface area (Å²) in [7, 11) is 0. The van der Waals surface area contributed by atoms with Crippen LogP contribution in [0.25, 0.3) is 0 Å². The van der Waals surface area contributed by atoms with E-state index in [2.05, 4.69) is 4.98 Å². The number of phenolic OH excluding ortho intramolecular Hbond substituents is 2. The fourth-order valence-electron chi connectivity index (χ4n) is 3.46. The Morgan fingerprint density at radius 3 is 1.72 bits per heavy atom. The van der Waals surface area contributed by atoms with Crippen molar-refractivity contribution in [2.75, 3.05) is 0 Å². The highest BCUT2D eigenvalue weighted by Crippen LogP contribution is 2.42. The summed E-state index contributed by atoms with van der Waals surface area (Å²) in [4.78, 5) is 4.51. The van der Waals surface area contributed by atoms with Gasteiger partial charge >= 0.3 is 0 Å². The summed E-state index contributed by atoms with van der Waals surface area (Å²) in [5, 5.41) is 21.5. The second-order valence-electron chi connectivity index (χ2n) is 6.73. The Morgan fingerprint density at radius 2 is 1.28 bits per heavy atom. The summed E-state index contributed by atoms with van der Waals surface area (Å²) in [6.45, 7) is 7.80. The average Bonchev–Trinajstić information content (AvgIpc) is 2.57. The van der Waals surface area contributed by atoms with Crippen LogP contribution in [-0.4, -0.2) is 15.2 Å². The summed E-state index contributed by atoms with van der Waals surface area (Å²) >= 11 is 0. The molecule has 0 atom stereocenters. The van der Waals surface area contributed by atoms with Crippen molar-refractivity contribution < 1.29 is 10.2 Å². The maximum absolute atomic E-state index is 10.7. The molecule has 0 saturated heterocycles. The first-order chi connectivity index (χ1) is 11.9. The van der Waals surface area contributed by atoms with Gasteiger partial charge in [0.2, 0.25) is 0 Å². The van der Waals surface area contributed by atoms with E-state index in [-0.39, 0.29) is 17.4 Å². The van der Waals surface area contributed by atoms with E-state index in [0.29, 0.717) is 0 Å². The maximum atomic E-state index is 10.7. The number of benzene rings is 2. The van der Waals surface area contributed by atoms with E-state index in [0.717, 1.165) is 39.1 Å². The van der Waals surface area contributed by atoms with E-state index in [1.807, 2.05) is 70.2 Å². The number of hydrogen-bond donors (Lipinski definition) is 2. The molecule has 0 bridgehead atoms. The predicted octanol–water partition coefficient (Wildman–Crippen LogP) is 4.91. The topological polar surface area (TPSA) is 53.4 Å². The van der Waals surface area contributed by atoms with Crippen LogP contribution in [0.4, 0.5) is 0 Å². The summed E-state index contributed by atoms with van der Waals surface area (Å²) in [6.07, 6.45) is 1.74. The number of rotatable bonds is 3. The lowest BCUT2D eigenvalue weighted by atomic mass is 9.84. The van der Waals surface area contributed by atoms with Crippen molar-refractivity contribution in [3.05, 3.63) is 87.7 Å². The minimum absolute atomic E-state index is 0.250. The number of phenols is 2. The number of hydrogen-bond acceptors (Lipinski definition) is 3. The Labute approximate surface area is 148 Å². The lowest BCUT2D eigenvalue weighted by Gasteiger charge is -2.22. The van der Waals surface area contributed by atoms with Gasteiger partial charge in [-0.2, -0.15) is 0 Å². The summed E-state index contributed by atoms with van der Waals surface area (Å²) in [5.41, 5.74) is 6.08. The van der Waals surface area contributed by atoms with Crippen molar-refractivity contribution in [1.82, 2.24) is 4.98 Å². The van der Waals surface area contributed by atoms with Gasteiger partial charge in [0.25, 0.3) is 0 Å². The molecule has 3 nitrogen and oxygen atoms in total. The number of nitrogens with zero attached hydrogens (tertiary/aromatic N) is 1. The van der Waals surface area contributed by atoms with Crippen molar-refractivity contribution in [3.63, 3.8) is 0 Å². The molecule has 0 radical (unpaired) electrons. The van der Waals surface area contributed by atoms with Crippen molar-refractivity contribution in [3.8, 4) is 11.5 Å². The average molecular weight is 333 g/mol. The van der Waals surface area contributed by atoms with Crippen molar-refractivity contribution >= 4 is 0 Å². The number of aryl methyl sites for hydroxylation is 4. The first-order valence-corrected chi connectivity index (χ1v) is 8.39. The van der Waals surface area contributed by atoms with Gasteiger partial charge in [0.05, 0.1) is 11.6 Å². The molecule has 3 aromatic rings. The van der Waals surface area contributed by atoms with E-state index in [9.17, 15) is 10.2 Å². The predicted molar refractivity (Wildman–Crippen MR) is 100 cm³/mol. The molecule has 0 aliphatic heterocycles. The Balaban J connectivity index is 2.34. The molecule has 0 aliphatic rings. The zero-order chi connectivity index (χ0) is 18.1. The smallest absolute Gasteiger partial charge is 0.122 e. The van der Waals surface area contributed by atoms with Gasteiger partial charge in [-0.1, -0.05) is 41.5 Å². The fourth-order valence-corrected chi connectivity index (χ4v) is 3.46. The zero-order valence-corrected chi connectivity index (χ0v) is 15.0. The molecular weight excluding hydrogens is 310 g/mol. The van der Waals surface area contributed by atoms with Crippen LogP contribution in [0.2, 0.25) is 0 Å². The van der Waals surface area contributed by atoms with Crippen LogP contribution in [0.1, 0.15) is 45.0 Å². The third-order valence-corrected chi connectivity index (χ3v) is 4.55. The van der Waals surface area contributed by atoms with Crippen LogP contribution >= 0.6 is 0 Å². The quantitative estimate of drug-likeness (QED) is 0.716. The number of aromatic nitrogens is 1. The molecule has 3 heteroatoms. The van der Waals surface area contributed by atoms with Crippen LogP contribution in [0, 0.1) is 27.7 Å². The van der Waals surface area contributed by atoms with Crippen molar-refractivity contribution in [1.29, 1.82) is 0 Å². The van der Waals surface area contributed by atoms with E-state index in [1.54, 1.807) is 6.20 Å². The van der Waals surface area contributed by atoms with Crippen LogP contribution in [-0.2, 0) is 0 Å². The molecule has 1 aromatic heterocycles. The van der Waals surface area contributed by atoms with Gasteiger partial charge in [0, 0.05) is 17.3 Å². The molecule has 25 heavy (non-hydrogen) atoms. The largest absolute Gasteiger partial charge is 0.507 e. The Hall–Kier alpha value is -2.81. The SMILES string of the molecule is Cc1cc(C)c(O)c(C(c2ccccn2)c2cc(C)cc(C)c2O)c1. The molecular formula is C22H23NO2. The first-order valence-electron chi connectivity index (χ1n) is 8.39. The zero-order valence-electron chi connectivity index (χ0n) is 15.0. The molecule has 0 unspecified atom stereocenters. The van der Waals surface area contributed by atoms with Gasteiger partial charge in [-0.3, -0.25) is 4.98 Å². The molecule has 0 amide bonds. The maximum Gasteiger partial charge on any atom is 0.122 e. The van der Waals surface area contributed by atoms with Gasteiger partial charge in [-0.25, -0.2) is 0 Å². The monoisotopic (exact) mass is 333 g/mol. The minimum Gasteiger partial charge on any atom is -0.507 e. The molecule has 0 saturated carbocycles. The summed E-state index contributed by atoms with van der Waals surface area (Å²) < 4.78 is 0. The molecule has 1 heterocycles. The highest BCUT2D eigenvalue weighted by molar-refractivity contribution is 5.56. The third kappa shape index (κ3) is 3.22. The van der Waals surface area contributed by atoms with Gasteiger partial charge in [-0.05, 0) is 51.0 Å². The second kappa shape index (κ2) is 6.60. The van der Waals surface area contributed by atoms with Crippen LogP contribution < -0.4 is 0 Å². The molecule has 128 valence electrons. The Kier molecular flexibility index (Phi) is 4.49. The second-order valence-corrected chi connectivity index (χ2v) is 6.73. The molecule has 0 aliphatic carbocycles. The molecule has 0 spiro atoms. The van der Waals surface area contributed by atoms with Crippen molar-refractivity contribution in [2.45, 2.75) is 33.6 Å². The van der Waals surface area contributed by atoms with Crippen molar-refractivity contribution in [2.24, 2.45) is 0 Å². The van der Waals surface area contributed by atoms with E-state index < -0.39 is 0 Å². The van der Waals surface area contributed by atoms with E-state index in [1.165, 1.54) is 0 Å². The minimum atomic E-state index is -0.335. The van der Waals surface area contributed by atoms with Crippen LogP contribution in [0.3, 0.4) is 0 Å². The lowest BCUT2D eigenvalue weighted by molar-refractivity contribution is 0.453. The van der Waals surface area contributed by atoms with E-state index in [4.69, 9.17) is 0 Å². The molecule has 2 N–H and O–H groups in total. The molecule has 2 aromatic carbocycles. The molecule has 0 fully saturated rings. The van der Waals surface area contributed by atoms with Crippen LogP contribution in [0.15, 0.2) is 48.7 Å². The van der Waals surface area contributed by atoms with E-state index >= 15 is 0 Å². The number of aromatic hydroxyl groups is 2.